The lowest BCUT2D eigenvalue weighted by atomic mass is 10.1. The standard InChI is InChI=1S/C28H27N7O2S.CH4/c1-33(38(36,37)25-8-3-2-4-9-25)23-6-5-7-24(17-23)34-12-14-35(15-13-34)28-26-16-21(22-18-31-32-19-22)10-11-27(26)29-20-30-28;/h2-11,16-20H,12-15H2,1H3,(H,31,32);1H4. The molecule has 39 heavy (non-hydrogen) atoms. The van der Waals surface area contributed by atoms with Gasteiger partial charge in [0.15, 0.2) is 0 Å². The summed E-state index contributed by atoms with van der Waals surface area (Å²) in [7, 11) is -2.04. The van der Waals surface area contributed by atoms with Crippen LogP contribution in [0, 0.1) is 0 Å². The van der Waals surface area contributed by atoms with E-state index in [4.69, 9.17) is 0 Å². The van der Waals surface area contributed by atoms with Crippen molar-refractivity contribution < 1.29 is 8.42 Å². The third-order valence-electron chi connectivity index (χ3n) is 6.99. The van der Waals surface area contributed by atoms with Crippen LogP contribution in [0.1, 0.15) is 7.43 Å². The summed E-state index contributed by atoms with van der Waals surface area (Å²) in [6.07, 6.45) is 5.30. The molecular formula is C29H31N7O2S. The Balaban J connectivity index is 0.00000308. The molecule has 1 aliphatic rings. The number of aromatic nitrogens is 4. The summed E-state index contributed by atoms with van der Waals surface area (Å²) in [5.74, 6) is 0.919. The van der Waals surface area contributed by atoms with Gasteiger partial charge in [0.25, 0.3) is 10.0 Å². The second-order valence-corrected chi connectivity index (χ2v) is 11.2. The van der Waals surface area contributed by atoms with E-state index in [9.17, 15) is 8.42 Å². The normalized spacial score (nSPS) is 13.8. The van der Waals surface area contributed by atoms with E-state index < -0.39 is 10.0 Å². The predicted molar refractivity (Wildman–Crippen MR) is 157 cm³/mol. The fourth-order valence-electron chi connectivity index (χ4n) is 4.83. The van der Waals surface area contributed by atoms with E-state index in [-0.39, 0.29) is 12.3 Å². The van der Waals surface area contributed by atoms with Crippen LogP contribution in [0.3, 0.4) is 0 Å². The predicted octanol–water partition coefficient (Wildman–Crippen LogP) is 4.81. The summed E-state index contributed by atoms with van der Waals surface area (Å²) in [6, 6.07) is 22.4. The van der Waals surface area contributed by atoms with Crippen molar-refractivity contribution in [3.63, 3.8) is 0 Å². The Bertz CT molecular complexity index is 1670. The van der Waals surface area contributed by atoms with Gasteiger partial charge in [-0.3, -0.25) is 9.40 Å². The number of piperazine rings is 1. The highest BCUT2D eigenvalue weighted by Gasteiger charge is 2.24. The topological polar surface area (TPSA) is 98.3 Å². The van der Waals surface area contributed by atoms with E-state index >= 15 is 0 Å². The third kappa shape index (κ3) is 5.03. The van der Waals surface area contributed by atoms with E-state index in [0.717, 1.165) is 59.7 Å². The molecule has 3 heterocycles. The molecule has 0 bridgehead atoms. The molecule has 200 valence electrons. The molecular weight excluding hydrogens is 510 g/mol. The molecule has 3 aromatic carbocycles. The molecule has 1 aliphatic heterocycles. The van der Waals surface area contributed by atoms with Crippen molar-refractivity contribution in [3.05, 3.63) is 91.5 Å². The molecule has 0 aliphatic carbocycles. The molecule has 0 spiro atoms. The van der Waals surface area contributed by atoms with E-state index in [1.54, 1.807) is 43.8 Å². The van der Waals surface area contributed by atoms with Crippen molar-refractivity contribution in [1.29, 1.82) is 0 Å². The first-order valence-electron chi connectivity index (χ1n) is 12.4. The van der Waals surface area contributed by atoms with Crippen molar-refractivity contribution in [2.24, 2.45) is 0 Å². The maximum Gasteiger partial charge on any atom is 0.264 e. The Morgan fingerprint density at radius 3 is 2.36 bits per heavy atom. The minimum absolute atomic E-state index is 0. The quantitative estimate of drug-likeness (QED) is 0.329. The molecule has 0 atom stereocenters. The maximum absolute atomic E-state index is 13.1. The third-order valence-corrected chi connectivity index (χ3v) is 8.78. The Hall–Kier alpha value is -4.44. The molecule has 10 heteroatoms. The van der Waals surface area contributed by atoms with E-state index in [1.807, 2.05) is 48.7 Å². The zero-order valence-electron chi connectivity index (χ0n) is 20.9. The number of nitrogens with one attached hydrogen (secondary N) is 1. The summed E-state index contributed by atoms with van der Waals surface area (Å²) in [4.78, 5) is 13.9. The molecule has 0 unspecified atom stereocenters. The zero-order chi connectivity index (χ0) is 26.1. The summed E-state index contributed by atoms with van der Waals surface area (Å²) in [5, 5.41) is 7.94. The number of hydrogen-bond donors (Lipinski definition) is 1. The Labute approximate surface area is 228 Å². The monoisotopic (exact) mass is 541 g/mol. The number of H-pyrrole nitrogens is 1. The Kier molecular flexibility index (Phi) is 7.21. The van der Waals surface area contributed by atoms with Gasteiger partial charge in [-0.15, -0.1) is 0 Å². The van der Waals surface area contributed by atoms with Gasteiger partial charge in [0.05, 0.1) is 22.3 Å². The lowest BCUT2D eigenvalue weighted by molar-refractivity contribution is 0.594. The molecule has 1 fully saturated rings. The van der Waals surface area contributed by atoms with Gasteiger partial charge in [0, 0.05) is 56.1 Å². The number of fused-ring (bicyclic) bond motifs is 1. The number of benzene rings is 3. The molecule has 9 nitrogen and oxygen atoms in total. The minimum atomic E-state index is -3.64. The molecule has 5 aromatic rings. The van der Waals surface area contributed by atoms with Gasteiger partial charge in [-0.2, -0.15) is 5.10 Å². The average Bonchev–Trinajstić information content (AvgIpc) is 3.52. The maximum atomic E-state index is 13.1. The fourth-order valence-corrected chi connectivity index (χ4v) is 6.04. The zero-order valence-corrected chi connectivity index (χ0v) is 21.7. The largest absolute Gasteiger partial charge is 0.368 e. The van der Waals surface area contributed by atoms with Crippen LogP contribution in [0.5, 0.6) is 0 Å². The van der Waals surface area contributed by atoms with Crippen LogP contribution in [0.15, 0.2) is 96.4 Å². The first-order chi connectivity index (χ1) is 18.5. The fraction of sp³-hybridized carbons (Fsp3) is 0.207. The summed E-state index contributed by atoms with van der Waals surface area (Å²) in [5.41, 5.74) is 4.60. The van der Waals surface area contributed by atoms with E-state index in [1.165, 1.54) is 4.31 Å². The summed E-state index contributed by atoms with van der Waals surface area (Å²) < 4.78 is 27.6. The molecule has 6 rings (SSSR count). The summed E-state index contributed by atoms with van der Waals surface area (Å²) >= 11 is 0. The number of sulfonamides is 1. The van der Waals surface area contributed by atoms with Gasteiger partial charge in [-0.1, -0.05) is 37.8 Å². The van der Waals surface area contributed by atoms with E-state index in [0.29, 0.717) is 5.69 Å². The van der Waals surface area contributed by atoms with Gasteiger partial charge >= 0.3 is 0 Å². The summed E-state index contributed by atoms with van der Waals surface area (Å²) in [6.45, 7) is 3.13. The molecule has 1 N–H and O–H groups in total. The van der Waals surface area contributed by atoms with Crippen LogP contribution >= 0.6 is 0 Å². The van der Waals surface area contributed by atoms with Gasteiger partial charge in [0.2, 0.25) is 0 Å². The number of rotatable bonds is 6. The first kappa shape index (κ1) is 26.2. The van der Waals surface area contributed by atoms with Crippen LogP contribution in [0.25, 0.3) is 22.0 Å². The average molecular weight is 542 g/mol. The van der Waals surface area contributed by atoms with Crippen LogP contribution in [-0.2, 0) is 10.0 Å². The van der Waals surface area contributed by atoms with Crippen LogP contribution in [-0.4, -0.2) is 61.8 Å². The van der Waals surface area contributed by atoms with Gasteiger partial charge in [0.1, 0.15) is 12.1 Å². The van der Waals surface area contributed by atoms with Crippen molar-refractivity contribution in [2.75, 3.05) is 47.3 Å². The Morgan fingerprint density at radius 2 is 1.62 bits per heavy atom. The SMILES string of the molecule is C.CN(c1cccc(N2CCN(c3ncnc4ccc(-c5cn[nH]c5)cc34)CC2)c1)S(=O)(=O)c1ccccc1. The minimum Gasteiger partial charge on any atom is -0.368 e. The van der Waals surface area contributed by atoms with Crippen LogP contribution < -0.4 is 14.1 Å². The lowest BCUT2D eigenvalue weighted by Crippen LogP contribution is -2.47. The van der Waals surface area contributed by atoms with Crippen LogP contribution in [0.2, 0.25) is 0 Å². The van der Waals surface area contributed by atoms with Crippen molar-refractivity contribution in [2.45, 2.75) is 12.3 Å². The molecule has 2 aromatic heterocycles. The van der Waals surface area contributed by atoms with Gasteiger partial charge < -0.3 is 9.80 Å². The first-order valence-corrected chi connectivity index (χ1v) is 13.8. The number of anilines is 3. The van der Waals surface area contributed by atoms with E-state index in [2.05, 4.69) is 36.0 Å². The van der Waals surface area contributed by atoms with Gasteiger partial charge in [-0.05, 0) is 48.0 Å². The molecule has 1 saturated heterocycles. The van der Waals surface area contributed by atoms with Crippen molar-refractivity contribution in [3.8, 4) is 11.1 Å². The van der Waals surface area contributed by atoms with Crippen LogP contribution in [0.4, 0.5) is 17.2 Å². The molecule has 0 amide bonds. The second-order valence-electron chi connectivity index (χ2n) is 9.20. The number of nitrogens with zero attached hydrogens (tertiary/aromatic N) is 6. The molecule has 0 saturated carbocycles. The second kappa shape index (κ2) is 10.7. The highest BCUT2D eigenvalue weighted by Crippen LogP contribution is 2.31. The smallest absolute Gasteiger partial charge is 0.264 e. The highest BCUT2D eigenvalue weighted by atomic mass is 32.2. The van der Waals surface area contributed by atoms with Gasteiger partial charge in [-0.25, -0.2) is 18.4 Å². The number of hydrogen-bond acceptors (Lipinski definition) is 7. The van der Waals surface area contributed by atoms with Crippen molar-refractivity contribution in [1.82, 2.24) is 20.2 Å². The Morgan fingerprint density at radius 1 is 0.846 bits per heavy atom. The molecule has 0 radical (unpaired) electrons. The lowest BCUT2D eigenvalue weighted by Gasteiger charge is -2.37. The van der Waals surface area contributed by atoms with Crippen molar-refractivity contribution >= 4 is 38.1 Å². The highest BCUT2D eigenvalue weighted by molar-refractivity contribution is 7.92. The number of aromatic amines is 1.